The first-order valence-corrected chi connectivity index (χ1v) is 8.67. The largest absolute Gasteiger partial charge is 0.329 e. The van der Waals surface area contributed by atoms with E-state index in [9.17, 15) is 8.42 Å². The highest BCUT2D eigenvalue weighted by Gasteiger charge is 2.36. The Labute approximate surface area is 126 Å². The van der Waals surface area contributed by atoms with Crippen LogP contribution < -0.4 is 5.73 Å². The lowest BCUT2D eigenvalue weighted by atomic mass is 10.2. The number of aryl methyl sites for hydroxylation is 1. The maximum Gasteiger partial charge on any atom is 0.247 e. The Balaban J connectivity index is 2.40. The molecule has 1 atom stereocenters. The number of piperazine rings is 1. The molecule has 0 aliphatic carbocycles. The van der Waals surface area contributed by atoms with Crippen molar-refractivity contribution in [1.29, 1.82) is 0 Å². The van der Waals surface area contributed by atoms with Gasteiger partial charge in [0.2, 0.25) is 10.0 Å². The van der Waals surface area contributed by atoms with E-state index in [1.807, 2.05) is 14.0 Å². The molecule has 0 bridgehead atoms. The zero-order chi connectivity index (χ0) is 15.8. The van der Waals surface area contributed by atoms with E-state index in [0.717, 1.165) is 13.1 Å². The highest BCUT2D eigenvalue weighted by Crippen LogP contribution is 2.26. The summed E-state index contributed by atoms with van der Waals surface area (Å²) in [5.74, 6) is 0. The van der Waals surface area contributed by atoms with Crippen LogP contribution in [0, 0.1) is 13.8 Å². The highest BCUT2D eigenvalue weighted by molar-refractivity contribution is 7.89. The van der Waals surface area contributed by atoms with Crippen molar-refractivity contribution in [2.24, 2.45) is 5.73 Å². The van der Waals surface area contributed by atoms with Crippen molar-refractivity contribution in [2.45, 2.75) is 38.3 Å². The van der Waals surface area contributed by atoms with Crippen LogP contribution in [-0.2, 0) is 16.6 Å². The third kappa shape index (κ3) is 2.98. The van der Waals surface area contributed by atoms with Crippen LogP contribution in [0.4, 0.5) is 0 Å². The van der Waals surface area contributed by atoms with Crippen molar-refractivity contribution >= 4 is 10.0 Å². The smallest absolute Gasteiger partial charge is 0.247 e. The second kappa shape index (κ2) is 6.04. The summed E-state index contributed by atoms with van der Waals surface area (Å²) in [5, 5.41) is 4.32. The van der Waals surface area contributed by atoms with Gasteiger partial charge in [-0.25, -0.2) is 8.42 Å². The summed E-state index contributed by atoms with van der Waals surface area (Å²) < 4.78 is 29.3. The third-order valence-corrected chi connectivity index (χ3v) is 6.26. The van der Waals surface area contributed by atoms with Gasteiger partial charge in [-0.05, 0) is 27.8 Å². The molecule has 21 heavy (non-hydrogen) atoms. The van der Waals surface area contributed by atoms with Crippen molar-refractivity contribution in [3.63, 3.8) is 0 Å². The minimum atomic E-state index is -3.51. The molecule has 1 unspecified atom stereocenters. The first-order valence-electron chi connectivity index (χ1n) is 7.23. The molecule has 1 saturated heterocycles. The van der Waals surface area contributed by atoms with Crippen LogP contribution in [0.3, 0.4) is 0 Å². The molecule has 0 spiro atoms. The van der Waals surface area contributed by atoms with Crippen LogP contribution in [-0.4, -0.2) is 66.7 Å². The molecule has 120 valence electrons. The fourth-order valence-corrected chi connectivity index (χ4v) is 4.98. The highest BCUT2D eigenvalue weighted by atomic mass is 32.2. The number of aromatic nitrogens is 2. The SMILES string of the molecule is Cc1nn(CCN)c(C)c1S(=O)(=O)N1CCN(C)CC1C. The predicted octanol–water partition coefficient (Wildman–Crippen LogP) is -0.217. The second-order valence-corrected chi connectivity index (χ2v) is 7.57. The third-order valence-electron chi connectivity index (χ3n) is 3.99. The first kappa shape index (κ1) is 16.4. The molecule has 1 aromatic rings. The molecule has 0 radical (unpaired) electrons. The summed E-state index contributed by atoms with van der Waals surface area (Å²) in [6.07, 6.45) is 0. The van der Waals surface area contributed by atoms with E-state index in [0.29, 0.717) is 35.9 Å². The lowest BCUT2D eigenvalue weighted by Crippen LogP contribution is -2.52. The number of nitrogens with two attached hydrogens (primary N) is 1. The van der Waals surface area contributed by atoms with Crippen molar-refractivity contribution in [3.05, 3.63) is 11.4 Å². The van der Waals surface area contributed by atoms with Gasteiger partial charge in [-0.1, -0.05) is 0 Å². The van der Waals surface area contributed by atoms with Crippen molar-refractivity contribution in [3.8, 4) is 0 Å². The van der Waals surface area contributed by atoms with Gasteiger partial charge in [0.15, 0.2) is 0 Å². The molecule has 2 N–H and O–H groups in total. The van der Waals surface area contributed by atoms with Crippen LogP contribution in [0.15, 0.2) is 4.90 Å². The molecular formula is C13H25N5O2S. The molecule has 1 aliphatic heterocycles. The summed E-state index contributed by atoms with van der Waals surface area (Å²) in [5.41, 5.74) is 6.77. The lowest BCUT2D eigenvalue weighted by molar-refractivity contribution is 0.170. The number of sulfonamides is 1. The standard InChI is InChI=1S/C13H25N5O2S/c1-10-9-16(4)7-8-18(10)21(19,20)13-11(2)15-17(6-5-14)12(13)3/h10H,5-9,14H2,1-4H3. The van der Waals surface area contributed by atoms with Gasteiger partial charge in [0.25, 0.3) is 0 Å². The molecule has 7 nitrogen and oxygen atoms in total. The molecule has 8 heteroatoms. The topological polar surface area (TPSA) is 84.5 Å². The maximum atomic E-state index is 13.0. The van der Waals surface area contributed by atoms with Crippen LogP contribution >= 0.6 is 0 Å². The molecule has 0 saturated carbocycles. The Bertz CT molecular complexity index is 610. The van der Waals surface area contributed by atoms with E-state index in [2.05, 4.69) is 10.00 Å². The summed E-state index contributed by atoms with van der Waals surface area (Å²) in [4.78, 5) is 2.49. The van der Waals surface area contributed by atoms with Gasteiger partial charge in [0.1, 0.15) is 4.90 Å². The minimum Gasteiger partial charge on any atom is -0.329 e. The van der Waals surface area contributed by atoms with E-state index in [-0.39, 0.29) is 6.04 Å². The van der Waals surface area contributed by atoms with Gasteiger partial charge in [-0.15, -0.1) is 0 Å². The summed E-state index contributed by atoms with van der Waals surface area (Å²) in [6, 6.07) is -0.0367. The zero-order valence-corrected chi connectivity index (χ0v) is 14.0. The van der Waals surface area contributed by atoms with Crippen LogP contribution in [0.25, 0.3) is 0 Å². The number of nitrogens with zero attached hydrogens (tertiary/aromatic N) is 4. The minimum absolute atomic E-state index is 0.0367. The molecule has 0 aromatic carbocycles. The van der Waals surface area contributed by atoms with Gasteiger partial charge < -0.3 is 10.6 Å². The molecule has 1 fully saturated rings. The average Bonchev–Trinajstić information content (AvgIpc) is 2.64. The lowest BCUT2D eigenvalue weighted by Gasteiger charge is -2.37. The van der Waals surface area contributed by atoms with Crippen molar-refractivity contribution in [2.75, 3.05) is 33.2 Å². The van der Waals surface area contributed by atoms with Gasteiger partial charge in [0, 0.05) is 32.2 Å². The molecule has 0 amide bonds. The van der Waals surface area contributed by atoms with Crippen molar-refractivity contribution in [1.82, 2.24) is 19.0 Å². The second-order valence-electron chi connectivity index (χ2n) is 5.74. The average molecular weight is 315 g/mol. The molecule has 1 aromatic heterocycles. The Hall–Kier alpha value is -0.960. The first-order chi connectivity index (χ1) is 9.78. The van der Waals surface area contributed by atoms with E-state index in [1.54, 1.807) is 22.8 Å². The molecular weight excluding hydrogens is 290 g/mol. The molecule has 1 aliphatic rings. The number of hydrogen-bond acceptors (Lipinski definition) is 5. The van der Waals surface area contributed by atoms with Gasteiger partial charge >= 0.3 is 0 Å². The zero-order valence-electron chi connectivity index (χ0n) is 13.2. The van der Waals surface area contributed by atoms with Crippen LogP contribution in [0.5, 0.6) is 0 Å². The summed E-state index contributed by atoms with van der Waals surface area (Å²) >= 11 is 0. The maximum absolute atomic E-state index is 13.0. The Morgan fingerprint density at radius 2 is 2.00 bits per heavy atom. The van der Waals surface area contributed by atoms with Crippen LogP contribution in [0.2, 0.25) is 0 Å². The number of hydrogen-bond donors (Lipinski definition) is 1. The number of rotatable bonds is 4. The Morgan fingerprint density at radius 1 is 1.33 bits per heavy atom. The van der Waals surface area contributed by atoms with E-state index >= 15 is 0 Å². The van der Waals surface area contributed by atoms with Gasteiger partial charge in [-0.3, -0.25) is 4.68 Å². The van der Waals surface area contributed by atoms with Crippen molar-refractivity contribution < 1.29 is 8.42 Å². The molecule has 2 rings (SSSR count). The Kier molecular flexibility index (Phi) is 4.72. The Morgan fingerprint density at radius 3 is 2.57 bits per heavy atom. The predicted molar refractivity (Wildman–Crippen MR) is 81.6 cm³/mol. The summed E-state index contributed by atoms with van der Waals surface area (Å²) in [7, 11) is -1.50. The van der Waals surface area contributed by atoms with E-state index in [4.69, 9.17) is 5.73 Å². The van der Waals surface area contributed by atoms with Gasteiger partial charge in [0.05, 0.1) is 17.9 Å². The quantitative estimate of drug-likeness (QED) is 0.830. The monoisotopic (exact) mass is 315 g/mol. The fraction of sp³-hybridized carbons (Fsp3) is 0.769. The number of likely N-dealkylation sites (N-methyl/N-ethyl adjacent to an activating group) is 1. The fourth-order valence-electron chi connectivity index (χ4n) is 2.99. The normalized spacial score (nSPS) is 21.9. The van der Waals surface area contributed by atoms with E-state index < -0.39 is 10.0 Å². The molecule has 2 heterocycles. The van der Waals surface area contributed by atoms with Gasteiger partial charge in [-0.2, -0.15) is 9.40 Å². The van der Waals surface area contributed by atoms with E-state index in [1.165, 1.54) is 0 Å². The van der Waals surface area contributed by atoms with Crippen LogP contribution in [0.1, 0.15) is 18.3 Å². The summed E-state index contributed by atoms with van der Waals surface area (Å²) in [6.45, 7) is 8.46.